The summed E-state index contributed by atoms with van der Waals surface area (Å²) in [5.74, 6) is 0.662. The van der Waals surface area contributed by atoms with Crippen molar-refractivity contribution >= 4 is 11.4 Å². The van der Waals surface area contributed by atoms with Crippen molar-refractivity contribution in [1.82, 2.24) is 0 Å². The van der Waals surface area contributed by atoms with Crippen molar-refractivity contribution in [2.24, 2.45) is 5.92 Å². The molecule has 2 nitrogen and oxygen atoms in total. The second kappa shape index (κ2) is 17.7. The van der Waals surface area contributed by atoms with Gasteiger partial charge in [0.1, 0.15) is 0 Å². The minimum atomic E-state index is 0.662. The number of aryl methyl sites for hydroxylation is 2. The number of anilines is 2. The number of unbranched alkanes of at least 4 members (excludes halogenated alkanes) is 8. The molecule has 4 rings (SSSR count). The molecule has 0 heterocycles. The van der Waals surface area contributed by atoms with Crippen LogP contribution in [-0.2, 0) is 25.7 Å². The third kappa shape index (κ3) is 11.2. The van der Waals surface area contributed by atoms with E-state index in [1.165, 1.54) is 109 Å². The average molecular weight is 589 g/mol. The lowest BCUT2D eigenvalue weighted by Crippen LogP contribution is -2.09. The van der Waals surface area contributed by atoms with Gasteiger partial charge in [-0.25, -0.2) is 0 Å². The zero-order valence-corrected chi connectivity index (χ0v) is 27.7. The van der Waals surface area contributed by atoms with Gasteiger partial charge in [-0.1, -0.05) is 125 Å². The highest BCUT2D eigenvalue weighted by molar-refractivity contribution is 5.46. The van der Waals surface area contributed by atoms with Gasteiger partial charge in [0.15, 0.2) is 0 Å². The number of nitrogens with two attached hydrogens (primary N) is 2. The van der Waals surface area contributed by atoms with Crippen LogP contribution in [0, 0.1) is 19.8 Å². The van der Waals surface area contributed by atoms with Crippen LogP contribution in [0.5, 0.6) is 0 Å². The van der Waals surface area contributed by atoms with Crippen molar-refractivity contribution in [3.05, 3.63) is 129 Å². The van der Waals surface area contributed by atoms with Crippen LogP contribution in [0.15, 0.2) is 84.9 Å². The summed E-state index contributed by atoms with van der Waals surface area (Å²) in [7, 11) is 0. The largest absolute Gasteiger partial charge is 0.399 e. The van der Waals surface area contributed by atoms with Crippen LogP contribution in [0.3, 0.4) is 0 Å². The summed E-state index contributed by atoms with van der Waals surface area (Å²) in [6.07, 6.45) is 17.9. The van der Waals surface area contributed by atoms with Gasteiger partial charge in [-0.3, -0.25) is 0 Å². The summed E-state index contributed by atoms with van der Waals surface area (Å²) in [6, 6.07) is 31.3. The van der Waals surface area contributed by atoms with Gasteiger partial charge in [-0.2, -0.15) is 0 Å². The summed E-state index contributed by atoms with van der Waals surface area (Å²) in [5.41, 5.74) is 24.5. The molecule has 0 aromatic heterocycles. The van der Waals surface area contributed by atoms with Crippen LogP contribution in [0.1, 0.15) is 116 Å². The molecule has 0 aliphatic rings. The Labute approximate surface area is 268 Å². The van der Waals surface area contributed by atoms with E-state index in [9.17, 15) is 0 Å². The highest BCUT2D eigenvalue weighted by atomic mass is 14.5. The molecule has 0 atom stereocenters. The Balaban J connectivity index is 1.35. The zero-order chi connectivity index (χ0) is 31.1. The molecule has 0 unspecified atom stereocenters. The molecule has 0 saturated heterocycles. The van der Waals surface area contributed by atoms with Gasteiger partial charge in [0.05, 0.1) is 0 Å². The average Bonchev–Trinajstić information content (AvgIpc) is 3.01. The Morgan fingerprint density at radius 3 is 1.27 bits per heavy atom. The summed E-state index contributed by atoms with van der Waals surface area (Å²) in [5, 5.41) is 0. The van der Waals surface area contributed by atoms with Crippen molar-refractivity contribution in [3.63, 3.8) is 0 Å². The van der Waals surface area contributed by atoms with Crippen LogP contribution >= 0.6 is 0 Å². The van der Waals surface area contributed by atoms with E-state index in [2.05, 4.69) is 93.6 Å². The predicted molar refractivity (Wildman–Crippen MR) is 192 cm³/mol. The summed E-state index contributed by atoms with van der Waals surface area (Å²) >= 11 is 0. The molecule has 4 N–H and O–H groups in total. The van der Waals surface area contributed by atoms with Crippen molar-refractivity contribution in [2.75, 3.05) is 11.5 Å². The second-order valence-corrected chi connectivity index (χ2v) is 13.2. The number of hydrogen-bond acceptors (Lipinski definition) is 2. The molecule has 0 aliphatic carbocycles. The summed E-state index contributed by atoms with van der Waals surface area (Å²) < 4.78 is 0. The third-order valence-electron chi connectivity index (χ3n) is 9.33. The molecule has 4 aromatic rings. The highest BCUT2D eigenvalue weighted by Crippen LogP contribution is 2.24. The first kappa shape index (κ1) is 33.4. The van der Waals surface area contributed by atoms with Gasteiger partial charge >= 0.3 is 0 Å². The molecule has 0 saturated carbocycles. The fraction of sp³-hybridized carbons (Fsp3) is 0.429. The number of rotatable bonds is 18. The first-order valence-corrected chi connectivity index (χ1v) is 17.2. The first-order chi connectivity index (χ1) is 21.4. The van der Waals surface area contributed by atoms with E-state index in [-0.39, 0.29) is 0 Å². The standard InChI is InChI=1S/C42H56N2/c1-4-5-6-7-8-9-10-11-12-13-38(28-34-14-18-36(19-15-34)30-39-22-24-41(43)26-32(39)2)29-35-16-20-37(21-17-35)31-40-23-25-42(44)27-33(40)3/h14-27,38H,4-13,28-31,43-44H2,1-3H3. The van der Waals surface area contributed by atoms with E-state index in [0.29, 0.717) is 5.92 Å². The normalized spacial score (nSPS) is 11.4. The Bertz CT molecular complexity index is 1300. The molecule has 0 bridgehead atoms. The summed E-state index contributed by atoms with van der Waals surface area (Å²) in [4.78, 5) is 0. The zero-order valence-electron chi connectivity index (χ0n) is 27.7. The van der Waals surface area contributed by atoms with Crippen molar-refractivity contribution < 1.29 is 0 Å². The molecule has 0 fully saturated rings. The highest BCUT2D eigenvalue weighted by Gasteiger charge is 2.12. The van der Waals surface area contributed by atoms with Gasteiger partial charge in [0.2, 0.25) is 0 Å². The molecular weight excluding hydrogens is 532 g/mol. The lowest BCUT2D eigenvalue weighted by atomic mass is 9.87. The third-order valence-corrected chi connectivity index (χ3v) is 9.33. The Morgan fingerprint density at radius 2 is 0.864 bits per heavy atom. The van der Waals surface area contributed by atoms with Crippen LogP contribution in [0.4, 0.5) is 11.4 Å². The molecule has 0 aliphatic heterocycles. The molecule has 0 radical (unpaired) electrons. The first-order valence-electron chi connectivity index (χ1n) is 17.2. The molecule has 4 aromatic carbocycles. The van der Waals surface area contributed by atoms with Crippen LogP contribution < -0.4 is 11.5 Å². The molecular formula is C42H56N2. The van der Waals surface area contributed by atoms with Gasteiger partial charge in [0, 0.05) is 11.4 Å². The number of hydrogen-bond donors (Lipinski definition) is 2. The van der Waals surface area contributed by atoms with Crippen molar-refractivity contribution in [2.45, 2.75) is 111 Å². The lowest BCUT2D eigenvalue weighted by molar-refractivity contribution is 0.444. The molecule has 0 spiro atoms. The van der Waals surface area contributed by atoms with Crippen LogP contribution in [0.25, 0.3) is 0 Å². The predicted octanol–water partition coefficient (Wildman–Crippen LogP) is 11.0. The Kier molecular flexibility index (Phi) is 13.4. The Morgan fingerprint density at radius 1 is 0.477 bits per heavy atom. The van der Waals surface area contributed by atoms with E-state index in [0.717, 1.165) is 37.1 Å². The number of nitrogen functional groups attached to an aromatic ring is 2. The maximum absolute atomic E-state index is 5.97. The molecule has 0 amide bonds. The monoisotopic (exact) mass is 588 g/mol. The molecule has 234 valence electrons. The smallest absolute Gasteiger partial charge is 0.0316 e. The lowest BCUT2D eigenvalue weighted by Gasteiger charge is -2.18. The number of benzene rings is 4. The van der Waals surface area contributed by atoms with Crippen molar-refractivity contribution in [1.29, 1.82) is 0 Å². The molecule has 2 heteroatoms. The van der Waals surface area contributed by atoms with Gasteiger partial charge in [-0.15, -0.1) is 0 Å². The van der Waals surface area contributed by atoms with E-state index in [4.69, 9.17) is 11.5 Å². The quantitative estimate of drug-likeness (QED) is 0.0897. The van der Waals surface area contributed by atoms with Gasteiger partial charge < -0.3 is 11.5 Å². The van der Waals surface area contributed by atoms with E-state index in [1.807, 2.05) is 12.1 Å². The van der Waals surface area contributed by atoms with E-state index in [1.54, 1.807) is 0 Å². The minimum Gasteiger partial charge on any atom is -0.399 e. The minimum absolute atomic E-state index is 0.662. The van der Waals surface area contributed by atoms with Crippen LogP contribution in [0.2, 0.25) is 0 Å². The van der Waals surface area contributed by atoms with Gasteiger partial charge in [0.25, 0.3) is 0 Å². The maximum atomic E-state index is 5.97. The molecule has 44 heavy (non-hydrogen) atoms. The van der Waals surface area contributed by atoms with Crippen LogP contribution in [-0.4, -0.2) is 0 Å². The topological polar surface area (TPSA) is 52.0 Å². The fourth-order valence-electron chi connectivity index (χ4n) is 6.55. The van der Waals surface area contributed by atoms with Gasteiger partial charge in [-0.05, 0) is 121 Å². The maximum Gasteiger partial charge on any atom is 0.0316 e. The summed E-state index contributed by atoms with van der Waals surface area (Å²) in [6.45, 7) is 6.61. The van der Waals surface area contributed by atoms with Crippen molar-refractivity contribution in [3.8, 4) is 0 Å². The second-order valence-electron chi connectivity index (χ2n) is 13.2. The van der Waals surface area contributed by atoms with E-state index < -0.39 is 0 Å². The fourth-order valence-corrected chi connectivity index (χ4v) is 6.55. The SMILES string of the molecule is CCCCCCCCCCCC(Cc1ccc(Cc2ccc(N)cc2C)cc1)Cc1ccc(Cc2ccc(N)cc2C)cc1. The van der Waals surface area contributed by atoms with E-state index >= 15 is 0 Å². The Hall–Kier alpha value is -3.52.